The molecule has 1 aliphatic heterocycles. The van der Waals surface area contributed by atoms with Crippen LogP contribution in [-0.4, -0.2) is 39.9 Å². The van der Waals surface area contributed by atoms with E-state index in [1.165, 1.54) is 69.4 Å². The van der Waals surface area contributed by atoms with Crippen LogP contribution in [-0.2, 0) is 4.79 Å². The van der Waals surface area contributed by atoms with Gasteiger partial charge in [-0.15, -0.1) is 12.4 Å². The fourth-order valence-electron chi connectivity index (χ4n) is 4.97. The van der Waals surface area contributed by atoms with Gasteiger partial charge in [0, 0.05) is 40.0 Å². The zero-order valence-electron chi connectivity index (χ0n) is 17.8. The highest BCUT2D eigenvalue weighted by Crippen LogP contribution is 2.35. The number of carbonyl (C=O) groups is 1. The number of rotatable bonds is 5. The molecule has 0 spiro atoms. The Hall–Kier alpha value is -0.620. The summed E-state index contributed by atoms with van der Waals surface area (Å²) in [6.45, 7) is 0. The molecule has 3 fully saturated rings. The Labute approximate surface area is 206 Å². The summed E-state index contributed by atoms with van der Waals surface area (Å²) in [5.74, 6) is 0.949. The normalized spacial score (nSPS) is 24.3. The van der Waals surface area contributed by atoms with Gasteiger partial charge in [-0.1, -0.05) is 73.5 Å². The average molecular weight is 505 g/mol. The lowest BCUT2D eigenvalue weighted by molar-refractivity contribution is -0.117. The molecule has 0 radical (unpaired) electrons. The lowest BCUT2D eigenvalue weighted by Gasteiger charge is -2.37. The summed E-state index contributed by atoms with van der Waals surface area (Å²) in [4.78, 5) is 20.6. The minimum absolute atomic E-state index is 0. The predicted molar refractivity (Wildman–Crippen MR) is 136 cm³/mol. The number of hydrogen-bond acceptors (Lipinski definition) is 3. The Bertz CT molecular complexity index is 759. The second kappa shape index (κ2) is 12.0. The van der Waals surface area contributed by atoms with Gasteiger partial charge in [0.15, 0.2) is 5.17 Å². The van der Waals surface area contributed by atoms with Crippen molar-refractivity contribution in [2.45, 2.75) is 88.8 Å². The minimum Gasteiger partial charge on any atom is -0.344 e. The van der Waals surface area contributed by atoms with E-state index in [1.54, 1.807) is 18.2 Å². The first-order valence-corrected chi connectivity index (χ1v) is 13.1. The molecule has 2 aliphatic carbocycles. The number of anilines is 1. The lowest BCUT2D eigenvalue weighted by atomic mass is 9.93. The van der Waals surface area contributed by atoms with Crippen LogP contribution in [0.2, 0.25) is 10.0 Å². The van der Waals surface area contributed by atoms with Gasteiger partial charge in [-0.2, -0.15) is 0 Å². The number of hydrogen-bond donors (Lipinski definition) is 1. The average Bonchev–Trinajstić information content (AvgIpc) is 3.10. The number of halogens is 3. The second-order valence-corrected chi connectivity index (χ2v) is 10.6. The zero-order chi connectivity index (χ0) is 20.9. The van der Waals surface area contributed by atoms with E-state index in [2.05, 4.69) is 10.2 Å². The Balaban J connectivity index is 0.00000272. The van der Waals surface area contributed by atoms with E-state index in [9.17, 15) is 4.79 Å². The van der Waals surface area contributed by atoms with E-state index in [1.807, 2.05) is 11.8 Å². The van der Waals surface area contributed by atoms with Crippen molar-refractivity contribution in [1.29, 1.82) is 0 Å². The molecule has 4 nitrogen and oxygen atoms in total. The first-order valence-electron chi connectivity index (χ1n) is 11.3. The van der Waals surface area contributed by atoms with Crippen LogP contribution in [0.3, 0.4) is 0 Å². The summed E-state index contributed by atoms with van der Waals surface area (Å²) in [7, 11) is 0. The number of carbonyl (C=O) groups excluding carboxylic acids is 1. The molecule has 1 heterocycles. The van der Waals surface area contributed by atoms with Crippen molar-refractivity contribution in [1.82, 2.24) is 4.90 Å². The molecule has 8 heteroatoms. The third kappa shape index (κ3) is 6.93. The molecule has 0 aromatic heterocycles. The highest BCUT2D eigenvalue weighted by atomic mass is 35.5. The fourth-order valence-corrected chi connectivity index (χ4v) is 6.79. The van der Waals surface area contributed by atoms with Crippen molar-refractivity contribution >= 4 is 64.1 Å². The Kier molecular flexibility index (Phi) is 9.69. The fraction of sp³-hybridized carbons (Fsp3) is 0.652. The molecule has 1 amide bonds. The number of amidine groups is 1. The predicted octanol–water partition coefficient (Wildman–Crippen LogP) is 7.18. The van der Waals surface area contributed by atoms with E-state index in [-0.39, 0.29) is 24.4 Å². The molecule has 4 rings (SSSR count). The number of aliphatic imine (C=N–C) groups is 1. The maximum absolute atomic E-state index is 12.8. The van der Waals surface area contributed by atoms with Crippen LogP contribution in [0.15, 0.2) is 23.2 Å². The first kappa shape index (κ1) is 25.0. The Morgan fingerprint density at radius 3 is 2.26 bits per heavy atom. The van der Waals surface area contributed by atoms with Crippen LogP contribution in [0, 0.1) is 0 Å². The summed E-state index contributed by atoms with van der Waals surface area (Å²) in [5.41, 5.74) is 0.656. The van der Waals surface area contributed by atoms with Gasteiger partial charge in [0.1, 0.15) is 0 Å². The topological polar surface area (TPSA) is 44.7 Å². The zero-order valence-corrected chi connectivity index (χ0v) is 21.0. The van der Waals surface area contributed by atoms with Crippen LogP contribution in [0.25, 0.3) is 0 Å². The largest absolute Gasteiger partial charge is 0.344 e. The summed E-state index contributed by atoms with van der Waals surface area (Å²) in [6, 6.07) is 6.34. The molecule has 1 saturated heterocycles. The van der Waals surface area contributed by atoms with Gasteiger partial charge < -0.3 is 10.2 Å². The molecule has 172 valence electrons. The van der Waals surface area contributed by atoms with Crippen LogP contribution in [0.4, 0.5) is 5.69 Å². The number of nitrogens with zero attached hydrogens (tertiary/aromatic N) is 2. The van der Waals surface area contributed by atoms with Crippen molar-refractivity contribution in [3.05, 3.63) is 28.2 Å². The van der Waals surface area contributed by atoms with E-state index in [0.29, 0.717) is 34.2 Å². The highest BCUT2D eigenvalue weighted by molar-refractivity contribution is 8.14. The van der Waals surface area contributed by atoms with E-state index in [0.717, 1.165) is 5.75 Å². The van der Waals surface area contributed by atoms with Gasteiger partial charge in [0.2, 0.25) is 5.91 Å². The van der Waals surface area contributed by atoms with Gasteiger partial charge in [-0.05, 0) is 43.9 Å². The summed E-state index contributed by atoms with van der Waals surface area (Å²) >= 11 is 14.0. The number of nitrogens with one attached hydrogen (secondary N) is 1. The molecule has 1 N–H and O–H groups in total. The van der Waals surface area contributed by atoms with Crippen molar-refractivity contribution in [3.8, 4) is 0 Å². The smallest absolute Gasteiger partial charge is 0.226 e. The van der Waals surface area contributed by atoms with Gasteiger partial charge >= 0.3 is 0 Å². The summed E-state index contributed by atoms with van der Waals surface area (Å²) < 4.78 is 0. The van der Waals surface area contributed by atoms with Crippen LogP contribution >= 0.6 is 47.4 Å². The molecule has 1 unspecified atom stereocenters. The van der Waals surface area contributed by atoms with Gasteiger partial charge in [0.05, 0.1) is 6.04 Å². The Morgan fingerprint density at radius 2 is 1.61 bits per heavy atom. The molecule has 31 heavy (non-hydrogen) atoms. The third-order valence-electron chi connectivity index (χ3n) is 6.42. The third-order valence-corrected chi connectivity index (χ3v) is 7.98. The Morgan fingerprint density at radius 1 is 1.00 bits per heavy atom. The monoisotopic (exact) mass is 503 g/mol. The molecule has 3 aliphatic rings. The lowest BCUT2D eigenvalue weighted by Crippen LogP contribution is -2.45. The maximum Gasteiger partial charge on any atom is 0.226 e. The van der Waals surface area contributed by atoms with Gasteiger partial charge in [0.25, 0.3) is 0 Å². The van der Waals surface area contributed by atoms with E-state index < -0.39 is 0 Å². The molecule has 0 bridgehead atoms. The number of thioether (sulfide) groups is 1. The maximum atomic E-state index is 12.8. The van der Waals surface area contributed by atoms with Crippen molar-refractivity contribution in [2.75, 3.05) is 11.1 Å². The van der Waals surface area contributed by atoms with E-state index >= 15 is 0 Å². The summed E-state index contributed by atoms with van der Waals surface area (Å²) in [6.07, 6.45) is 13.1. The van der Waals surface area contributed by atoms with E-state index in [4.69, 9.17) is 28.2 Å². The van der Waals surface area contributed by atoms with Crippen LogP contribution in [0.5, 0.6) is 0 Å². The molecule has 1 aromatic rings. The van der Waals surface area contributed by atoms with Crippen molar-refractivity contribution in [2.24, 2.45) is 4.99 Å². The molecule has 2 saturated carbocycles. The molecule has 1 aromatic carbocycles. The van der Waals surface area contributed by atoms with Crippen molar-refractivity contribution < 1.29 is 4.79 Å². The minimum atomic E-state index is 0. The van der Waals surface area contributed by atoms with Crippen molar-refractivity contribution in [3.63, 3.8) is 0 Å². The van der Waals surface area contributed by atoms with Crippen LogP contribution in [0.1, 0.15) is 70.6 Å². The molecule has 1 atom stereocenters. The number of benzene rings is 1. The molecular weight excluding hydrogens is 473 g/mol. The highest BCUT2D eigenvalue weighted by Gasteiger charge is 2.37. The first-order chi connectivity index (χ1) is 14.6. The number of amides is 1. The van der Waals surface area contributed by atoms with Gasteiger partial charge in [-0.3, -0.25) is 9.79 Å². The second-order valence-electron chi connectivity index (χ2n) is 8.78. The molecular formula is C23H32Cl3N3OS. The summed E-state index contributed by atoms with van der Waals surface area (Å²) in [5, 5.41) is 5.23. The van der Waals surface area contributed by atoms with Gasteiger partial charge in [-0.25, -0.2) is 0 Å². The quantitative estimate of drug-likeness (QED) is 0.462. The SMILES string of the molecule is Cl.O=C(CC1CSC(=NC2CCCCC2)N1C1CCCCC1)Nc1cc(Cl)cc(Cl)c1. The standard InChI is InChI=1S/C23H31Cl2N3OS.ClH/c24-16-11-17(25)13-19(12-16)26-22(29)14-21-15-30-23(27-18-7-3-1-4-8-18)28(21)20-9-5-2-6-10-20;/h11-13,18,20-21H,1-10,14-15H2,(H,26,29);1H. The van der Waals surface area contributed by atoms with Crippen LogP contribution < -0.4 is 5.32 Å².